The van der Waals surface area contributed by atoms with Crippen LogP contribution in [0.5, 0.6) is 5.75 Å². The van der Waals surface area contributed by atoms with Gasteiger partial charge in [-0.2, -0.15) is 0 Å². The number of nitrogens with zero attached hydrogens (tertiary/aromatic N) is 1. The third-order valence-electron chi connectivity index (χ3n) is 2.71. The zero-order valence-corrected chi connectivity index (χ0v) is 10.3. The van der Waals surface area contributed by atoms with Crippen LogP contribution < -0.4 is 4.74 Å². The number of hydrogen-bond acceptors (Lipinski definition) is 5. The maximum absolute atomic E-state index is 11.8. The molecule has 2 rings (SSSR count). The quantitative estimate of drug-likeness (QED) is 0.599. The van der Waals surface area contributed by atoms with Crippen LogP contribution in [0.4, 0.5) is 4.79 Å². The van der Waals surface area contributed by atoms with Gasteiger partial charge >= 0.3 is 6.16 Å². The fraction of sp³-hybridized carbons (Fsp3) is 0.200. The average molecular weight is 271 g/mol. The Morgan fingerprint density at radius 1 is 1.39 bits per heavy atom. The fourth-order valence-electron chi connectivity index (χ4n) is 1.77. The van der Waals surface area contributed by atoms with Gasteiger partial charge in [0.1, 0.15) is 10.6 Å². The first-order chi connectivity index (χ1) is 8.26. The van der Waals surface area contributed by atoms with Gasteiger partial charge in [0, 0.05) is 12.6 Å². The van der Waals surface area contributed by atoms with E-state index in [9.17, 15) is 18.0 Å². The molecule has 1 N–H and O–H groups in total. The molecule has 7 nitrogen and oxygen atoms in total. The number of rotatable bonds is 1. The molecule has 0 saturated carbocycles. The standard InChI is InChI=1S/C10H9NO6S/c1-5-6(17-10(13)14)3-4-7-8(5)9(12)11(2)18(7,15)16/h3-4H,1-2H3,(H,13,14). The Morgan fingerprint density at radius 2 is 2.00 bits per heavy atom. The summed E-state index contributed by atoms with van der Waals surface area (Å²) in [6, 6.07) is 2.38. The summed E-state index contributed by atoms with van der Waals surface area (Å²) in [5.74, 6) is -0.751. The molecule has 1 amide bonds. The van der Waals surface area contributed by atoms with Crippen LogP contribution in [0, 0.1) is 6.92 Å². The molecule has 0 saturated heterocycles. The van der Waals surface area contributed by atoms with E-state index in [0.29, 0.717) is 4.31 Å². The highest BCUT2D eigenvalue weighted by Gasteiger charge is 2.40. The summed E-state index contributed by atoms with van der Waals surface area (Å²) in [6.07, 6.45) is -1.53. The van der Waals surface area contributed by atoms with Crippen molar-refractivity contribution in [1.29, 1.82) is 0 Å². The molecule has 0 atom stereocenters. The summed E-state index contributed by atoms with van der Waals surface area (Å²) >= 11 is 0. The Labute approximate surface area is 103 Å². The van der Waals surface area contributed by atoms with E-state index in [2.05, 4.69) is 4.74 Å². The van der Waals surface area contributed by atoms with E-state index in [1.807, 2.05) is 0 Å². The Bertz CT molecular complexity index is 663. The molecule has 1 aliphatic heterocycles. The van der Waals surface area contributed by atoms with Crippen LogP contribution in [0.3, 0.4) is 0 Å². The van der Waals surface area contributed by atoms with Gasteiger partial charge in [0.05, 0.1) is 5.56 Å². The van der Waals surface area contributed by atoms with Gasteiger partial charge in [-0.15, -0.1) is 0 Å². The third-order valence-corrected chi connectivity index (χ3v) is 4.50. The minimum absolute atomic E-state index is 0.0451. The lowest BCUT2D eigenvalue weighted by Crippen LogP contribution is -2.25. The number of fused-ring (bicyclic) bond motifs is 1. The van der Waals surface area contributed by atoms with Gasteiger partial charge in [-0.3, -0.25) is 4.79 Å². The SMILES string of the molecule is Cc1c(OC(=O)O)ccc2c1C(=O)N(C)S2(=O)=O. The van der Waals surface area contributed by atoms with E-state index in [0.717, 1.165) is 13.1 Å². The number of amides is 1. The maximum atomic E-state index is 11.8. The van der Waals surface area contributed by atoms with E-state index < -0.39 is 22.1 Å². The van der Waals surface area contributed by atoms with Gasteiger partial charge in [-0.1, -0.05) is 0 Å². The number of hydrogen-bond donors (Lipinski definition) is 1. The van der Waals surface area contributed by atoms with Crippen molar-refractivity contribution in [3.05, 3.63) is 23.3 Å². The molecule has 1 aromatic carbocycles. The Kier molecular flexibility index (Phi) is 2.54. The van der Waals surface area contributed by atoms with Crippen molar-refractivity contribution in [2.75, 3.05) is 7.05 Å². The highest BCUT2D eigenvalue weighted by molar-refractivity contribution is 7.90. The second-order valence-electron chi connectivity index (χ2n) is 3.71. The molecule has 18 heavy (non-hydrogen) atoms. The van der Waals surface area contributed by atoms with Crippen molar-refractivity contribution in [1.82, 2.24) is 4.31 Å². The second kappa shape index (κ2) is 3.70. The summed E-state index contributed by atoms with van der Waals surface area (Å²) in [4.78, 5) is 22.1. The predicted octanol–water partition coefficient (Wildman–Crippen LogP) is 0.826. The van der Waals surface area contributed by atoms with Crippen molar-refractivity contribution in [3.8, 4) is 5.75 Å². The summed E-state index contributed by atoms with van der Waals surface area (Å²) in [7, 11) is -2.67. The van der Waals surface area contributed by atoms with Crippen molar-refractivity contribution < 1.29 is 27.9 Å². The van der Waals surface area contributed by atoms with Crippen molar-refractivity contribution in [2.24, 2.45) is 0 Å². The van der Waals surface area contributed by atoms with Gasteiger partial charge < -0.3 is 9.84 Å². The van der Waals surface area contributed by atoms with Crippen LogP contribution in [-0.4, -0.2) is 36.9 Å². The van der Waals surface area contributed by atoms with Gasteiger partial charge in [-0.05, 0) is 19.1 Å². The summed E-state index contributed by atoms with van der Waals surface area (Å²) < 4.78 is 28.7. The number of carboxylic acid groups (broad SMARTS) is 1. The van der Waals surface area contributed by atoms with E-state index in [1.54, 1.807) is 0 Å². The molecular weight excluding hydrogens is 262 g/mol. The molecule has 0 aliphatic carbocycles. The number of ether oxygens (including phenoxy) is 1. The first kappa shape index (κ1) is 12.4. The molecule has 96 valence electrons. The first-order valence-electron chi connectivity index (χ1n) is 4.84. The van der Waals surface area contributed by atoms with Crippen LogP contribution in [0.25, 0.3) is 0 Å². The lowest BCUT2D eigenvalue weighted by Gasteiger charge is -2.06. The summed E-state index contributed by atoms with van der Waals surface area (Å²) in [5.41, 5.74) is 0.143. The molecule has 0 radical (unpaired) electrons. The summed E-state index contributed by atoms with van der Waals surface area (Å²) in [5, 5.41) is 8.52. The zero-order chi connectivity index (χ0) is 13.7. The molecule has 0 aromatic heterocycles. The second-order valence-corrected chi connectivity index (χ2v) is 5.65. The van der Waals surface area contributed by atoms with Crippen molar-refractivity contribution in [3.63, 3.8) is 0 Å². The normalized spacial score (nSPS) is 16.6. The van der Waals surface area contributed by atoms with Crippen LogP contribution in [0.1, 0.15) is 15.9 Å². The molecule has 0 fully saturated rings. The lowest BCUT2D eigenvalue weighted by atomic mass is 10.1. The number of benzene rings is 1. The molecule has 0 spiro atoms. The van der Waals surface area contributed by atoms with Crippen LogP contribution in [-0.2, 0) is 10.0 Å². The molecule has 8 heteroatoms. The maximum Gasteiger partial charge on any atom is 0.511 e. The van der Waals surface area contributed by atoms with E-state index in [-0.39, 0.29) is 21.8 Å². The monoisotopic (exact) mass is 271 g/mol. The van der Waals surface area contributed by atoms with Crippen LogP contribution >= 0.6 is 0 Å². The molecule has 0 bridgehead atoms. The van der Waals surface area contributed by atoms with Gasteiger partial charge in [0.25, 0.3) is 15.9 Å². The highest BCUT2D eigenvalue weighted by Crippen LogP contribution is 2.35. The fourth-order valence-corrected chi connectivity index (χ4v) is 3.11. The van der Waals surface area contributed by atoms with E-state index in [1.165, 1.54) is 13.0 Å². The zero-order valence-electron chi connectivity index (χ0n) is 9.50. The largest absolute Gasteiger partial charge is 0.511 e. The Balaban J connectivity index is 2.69. The average Bonchev–Trinajstić information content (AvgIpc) is 2.44. The molecular formula is C10H9NO6S. The molecule has 1 heterocycles. The molecule has 0 unspecified atom stereocenters. The van der Waals surface area contributed by atoms with Crippen molar-refractivity contribution >= 4 is 22.1 Å². The van der Waals surface area contributed by atoms with Gasteiger partial charge in [0.15, 0.2) is 0 Å². The van der Waals surface area contributed by atoms with Crippen LogP contribution in [0.2, 0.25) is 0 Å². The summed E-state index contributed by atoms with van der Waals surface area (Å²) in [6.45, 7) is 1.43. The minimum atomic E-state index is -3.82. The van der Waals surface area contributed by atoms with E-state index in [4.69, 9.17) is 5.11 Å². The predicted molar refractivity (Wildman–Crippen MR) is 59.1 cm³/mol. The van der Waals surface area contributed by atoms with Gasteiger partial charge in [0.2, 0.25) is 0 Å². The third kappa shape index (κ3) is 1.53. The molecule has 1 aromatic rings. The van der Waals surface area contributed by atoms with E-state index >= 15 is 0 Å². The van der Waals surface area contributed by atoms with Crippen molar-refractivity contribution in [2.45, 2.75) is 11.8 Å². The Hall–Kier alpha value is -2.09. The number of carbonyl (C=O) groups is 2. The topological polar surface area (TPSA) is 101 Å². The highest BCUT2D eigenvalue weighted by atomic mass is 32.2. The smallest absolute Gasteiger partial charge is 0.449 e. The minimum Gasteiger partial charge on any atom is -0.449 e. The lowest BCUT2D eigenvalue weighted by molar-refractivity contribution is 0.0889. The van der Waals surface area contributed by atoms with Crippen LogP contribution in [0.15, 0.2) is 17.0 Å². The Morgan fingerprint density at radius 3 is 2.56 bits per heavy atom. The van der Waals surface area contributed by atoms with Gasteiger partial charge in [-0.25, -0.2) is 17.5 Å². The molecule has 1 aliphatic rings. The number of sulfonamides is 1. The first-order valence-corrected chi connectivity index (χ1v) is 6.28. The number of carbonyl (C=O) groups excluding carboxylic acids is 1.